The molecule has 1 rings (SSSR count). The second-order valence-electron chi connectivity index (χ2n) is 4.43. The Bertz CT molecular complexity index is 296. The monoisotopic (exact) mass is 257 g/mol. The quantitative estimate of drug-likeness (QED) is 0.585. The molecule has 0 aliphatic carbocycles. The minimum atomic E-state index is -0.514. The van der Waals surface area contributed by atoms with Gasteiger partial charge in [0.15, 0.2) is 0 Å². The van der Waals surface area contributed by atoms with Crippen molar-refractivity contribution in [3.8, 4) is 0 Å². The molecule has 1 heterocycles. The van der Waals surface area contributed by atoms with Gasteiger partial charge in [0.2, 0.25) is 11.8 Å². The minimum Gasteiger partial charge on any atom is -0.379 e. The number of likely N-dealkylation sites (N-methyl/N-ethyl adjacent to an activating group) is 2. The van der Waals surface area contributed by atoms with Gasteiger partial charge >= 0.3 is 0 Å². The van der Waals surface area contributed by atoms with Crippen LogP contribution in [-0.4, -0.2) is 50.2 Å². The lowest BCUT2D eigenvalue weighted by Crippen LogP contribution is -2.50. The predicted octanol–water partition coefficient (Wildman–Crippen LogP) is -0.748. The van der Waals surface area contributed by atoms with Crippen molar-refractivity contribution in [2.24, 2.45) is 5.92 Å². The summed E-state index contributed by atoms with van der Waals surface area (Å²) in [5.74, 6) is -0.510. The Kier molecular flexibility index (Phi) is 6.07. The van der Waals surface area contributed by atoms with Crippen LogP contribution in [0.15, 0.2) is 0 Å². The molecule has 1 saturated heterocycles. The summed E-state index contributed by atoms with van der Waals surface area (Å²) in [6.45, 7) is 7.83. The molecule has 0 aromatic heterocycles. The fraction of sp³-hybridized carbons (Fsp3) is 0.833. The van der Waals surface area contributed by atoms with Gasteiger partial charge in [-0.15, -0.1) is 0 Å². The van der Waals surface area contributed by atoms with Crippen LogP contribution in [0, 0.1) is 5.92 Å². The first-order valence-electron chi connectivity index (χ1n) is 6.49. The summed E-state index contributed by atoms with van der Waals surface area (Å²) in [4.78, 5) is 23.6. The highest BCUT2D eigenvalue weighted by Crippen LogP contribution is 2.13. The summed E-state index contributed by atoms with van der Waals surface area (Å²) in [6, 6.07) is -0.475. The number of ether oxygens (including phenoxy) is 1. The SMILES string of the molecule is CCNC(=O)C(C)NC(=O)C1COCC1NCC. The van der Waals surface area contributed by atoms with Crippen LogP contribution in [0.3, 0.4) is 0 Å². The van der Waals surface area contributed by atoms with Crippen molar-refractivity contribution in [3.63, 3.8) is 0 Å². The molecule has 1 fully saturated rings. The minimum absolute atomic E-state index is 0.0384. The molecular formula is C12H23N3O3. The fourth-order valence-electron chi connectivity index (χ4n) is 1.99. The fourth-order valence-corrected chi connectivity index (χ4v) is 1.99. The van der Waals surface area contributed by atoms with Crippen molar-refractivity contribution < 1.29 is 14.3 Å². The van der Waals surface area contributed by atoms with Crippen LogP contribution in [0.4, 0.5) is 0 Å². The molecule has 3 N–H and O–H groups in total. The summed E-state index contributed by atoms with van der Waals surface area (Å²) in [7, 11) is 0. The summed E-state index contributed by atoms with van der Waals surface area (Å²) in [5.41, 5.74) is 0. The molecule has 6 heteroatoms. The van der Waals surface area contributed by atoms with E-state index >= 15 is 0 Å². The molecule has 0 radical (unpaired) electrons. The molecule has 18 heavy (non-hydrogen) atoms. The smallest absolute Gasteiger partial charge is 0.242 e. The average molecular weight is 257 g/mol. The van der Waals surface area contributed by atoms with Crippen LogP contribution in [-0.2, 0) is 14.3 Å². The molecule has 3 unspecified atom stereocenters. The molecule has 1 aliphatic rings. The van der Waals surface area contributed by atoms with Gasteiger partial charge in [0, 0.05) is 12.6 Å². The molecule has 1 aliphatic heterocycles. The topological polar surface area (TPSA) is 79.5 Å². The number of carbonyl (C=O) groups excluding carboxylic acids is 2. The first-order valence-corrected chi connectivity index (χ1v) is 6.49. The molecular weight excluding hydrogens is 234 g/mol. The van der Waals surface area contributed by atoms with E-state index in [1.165, 1.54) is 0 Å². The van der Waals surface area contributed by atoms with Gasteiger partial charge in [-0.3, -0.25) is 9.59 Å². The van der Waals surface area contributed by atoms with Gasteiger partial charge in [0.1, 0.15) is 6.04 Å². The maximum Gasteiger partial charge on any atom is 0.242 e. The molecule has 0 aromatic rings. The lowest BCUT2D eigenvalue weighted by atomic mass is 10.0. The van der Waals surface area contributed by atoms with E-state index in [4.69, 9.17) is 4.74 Å². The van der Waals surface area contributed by atoms with E-state index in [1.54, 1.807) is 6.92 Å². The van der Waals surface area contributed by atoms with E-state index in [-0.39, 0.29) is 23.8 Å². The van der Waals surface area contributed by atoms with E-state index in [0.717, 1.165) is 6.54 Å². The zero-order chi connectivity index (χ0) is 13.5. The maximum atomic E-state index is 12.0. The van der Waals surface area contributed by atoms with Crippen molar-refractivity contribution >= 4 is 11.8 Å². The van der Waals surface area contributed by atoms with E-state index < -0.39 is 6.04 Å². The third-order valence-electron chi connectivity index (χ3n) is 2.99. The lowest BCUT2D eigenvalue weighted by Gasteiger charge is -2.20. The first-order chi connectivity index (χ1) is 8.60. The largest absolute Gasteiger partial charge is 0.379 e. The number of rotatable bonds is 6. The van der Waals surface area contributed by atoms with Crippen LogP contribution in [0.2, 0.25) is 0 Å². The summed E-state index contributed by atoms with van der Waals surface area (Å²) in [5, 5.41) is 8.62. The van der Waals surface area contributed by atoms with Crippen molar-refractivity contribution in [1.82, 2.24) is 16.0 Å². The van der Waals surface area contributed by atoms with Crippen LogP contribution in [0.5, 0.6) is 0 Å². The molecule has 2 amide bonds. The number of carbonyl (C=O) groups is 2. The molecule has 104 valence electrons. The van der Waals surface area contributed by atoms with Gasteiger partial charge < -0.3 is 20.7 Å². The Morgan fingerprint density at radius 3 is 2.61 bits per heavy atom. The van der Waals surface area contributed by atoms with Crippen molar-refractivity contribution in [2.45, 2.75) is 32.9 Å². The Morgan fingerprint density at radius 1 is 1.28 bits per heavy atom. The van der Waals surface area contributed by atoms with E-state index in [1.807, 2.05) is 13.8 Å². The van der Waals surface area contributed by atoms with Crippen LogP contribution in [0.1, 0.15) is 20.8 Å². The first kappa shape index (κ1) is 14.9. The Labute approximate surface area is 108 Å². The Balaban J connectivity index is 2.46. The van der Waals surface area contributed by atoms with Gasteiger partial charge in [-0.2, -0.15) is 0 Å². The zero-order valence-corrected chi connectivity index (χ0v) is 11.3. The Morgan fingerprint density at radius 2 is 2.00 bits per heavy atom. The van der Waals surface area contributed by atoms with Gasteiger partial charge in [-0.25, -0.2) is 0 Å². The number of amides is 2. The summed E-state index contributed by atoms with van der Waals surface area (Å²) < 4.78 is 5.31. The maximum absolute atomic E-state index is 12.0. The molecule has 0 bridgehead atoms. The second kappa shape index (κ2) is 7.33. The van der Waals surface area contributed by atoms with Gasteiger partial charge in [0.25, 0.3) is 0 Å². The van der Waals surface area contributed by atoms with Crippen molar-refractivity contribution in [1.29, 1.82) is 0 Å². The average Bonchev–Trinajstić information content (AvgIpc) is 2.78. The zero-order valence-electron chi connectivity index (χ0n) is 11.3. The molecule has 6 nitrogen and oxygen atoms in total. The highest BCUT2D eigenvalue weighted by Gasteiger charge is 2.34. The van der Waals surface area contributed by atoms with E-state index in [2.05, 4.69) is 16.0 Å². The number of hydrogen-bond donors (Lipinski definition) is 3. The standard InChI is InChI=1S/C12H23N3O3/c1-4-13-10-7-18-6-9(10)12(17)15-8(3)11(16)14-5-2/h8-10,13H,4-7H2,1-3H3,(H,14,16)(H,15,17). The lowest BCUT2D eigenvalue weighted by molar-refractivity contribution is -0.131. The second-order valence-corrected chi connectivity index (χ2v) is 4.43. The molecule has 0 spiro atoms. The van der Waals surface area contributed by atoms with Crippen LogP contribution < -0.4 is 16.0 Å². The van der Waals surface area contributed by atoms with Crippen molar-refractivity contribution in [3.05, 3.63) is 0 Å². The van der Waals surface area contributed by atoms with Gasteiger partial charge in [-0.1, -0.05) is 6.92 Å². The van der Waals surface area contributed by atoms with Crippen molar-refractivity contribution in [2.75, 3.05) is 26.3 Å². The normalized spacial score (nSPS) is 24.6. The molecule has 0 saturated carbocycles. The third kappa shape index (κ3) is 3.96. The number of nitrogens with one attached hydrogen (secondary N) is 3. The summed E-state index contributed by atoms with van der Waals surface area (Å²) >= 11 is 0. The number of hydrogen-bond acceptors (Lipinski definition) is 4. The molecule has 0 aromatic carbocycles. The highest BCUT2D eigenvalue weighted by atomic mass is 16.5. The van der Waals surface area contributed by atoms with Crippen LogP contribution in [0.25, 0.3) is 0 Å². The van der Waals surface area contributed by atoms with E-state index in [0.29, 0.717) is 19.8 Å². The highest BCUT2D eigenvalue weighted by molar-refractivity contribution is 5.88. The van der Waals surface area contributed by atoms with Gasteiger partial charge in [-0.05, 0) is 20.4 Å². The van der Waals surface area contributed by atoms with Crippen LogP contribution >= 0.6 is 0 Å². The third-order valence-corrected chi connectivity index (χ3v) is 2.99. The van der Waals surface area contributed by atoms with Gasteiger partial charge in [0.05, 0.1) is 19.1 Å². The molecule has 3 atom stereocenters. The van der Waals surface area contributed by atoms with E-state index in [9.17, 15) is 9.59 Å². The predicted molar refractivity (Wildman–Crippen MR) is 68.1 cm³/mol. The summed E-state index contributed by atoms with van der Waals surface area (Å²) in [6.07, 6.45) is 0. The Hall–Kier alpha value is -1.14.